The van der Waals surface area contributed by atoms with E-state index in [0.717, 1.165) is 12.3 Å². The lowest BCUT2D eigenvalue weighted by atomic mass is 9.97. The summed E-state index contributed by atoms with van der Waals surface area (Å²) in [7, 11) is 0. The van der Waals surface area contributed by atoms with Gasteiger partial charge in [-0.25, -0.2) is 5.43 Å². The first-order valence-electron chi connectivity index (χ1n) is 4.55. The van der Waals surface area contributed by atoms with Gasteiger partial charge in [-0.3, -0.25) is 5.43 Å². The summed E-state index contributed by atoms with van der Waals surface area (Å²) in [6, 6.07) is 0.521. The van der Waals surface area contributed by atoms with Crippen LogP contribution in [0.2, 0.25) is 0 Å². The van der Waals surface area contributed by atoms with Crippen LogP contribution in [0.1, 0.15) is 32.1 Å². The number of hydrogen-bond acceptors (Lipinski definition) is 3. The Bertz CT molecular complexity index is 134. The lowest BCUT2D eigenvalue weighted by Crippen LogP contribution is -2.36. The van der Waals surface area contributed by atoms with Gasteiger partial charge in [0, 0.05) is 12.5 Å². The van der Waals surface area contributed by atoms with E-state index in [2.05, 4.69) is 10.9 Å². The zero-order valence-corrected chi connectivity index (χ0v) is 6.71. The van der Waals surface area contributed by atoms with Gasteiger partial charge in [0.2, 0.25) is 0 Å². The minimum Gasteiger partial charge on any atom is -0.377 e. The van der Waals surface area contributed by atoms with Crippen molar-refractivity contribution in [3.8, 4) is 0 Å². The monoisotopic (exact) mass is 156 g/mol. The molecule has 3 nitrogen and oxygen atoms in total. The summed E-state index contributed by atoms with van der Waals surface area (Å²) in [4.78, 5) is 0. The quantitative estimate of drug-likeness (QED) is 0.513. The molecule has 0 aromatic rings. The Morgan fingerprint density at radius 2 is 1.82 bits per heavy atom. The van der Waals surface area contributed by atoms with Crippen LogP contribution in [0.3, 0.4) is 0 Å². The Labute approximate surface area is 67.1 Å². The fourth-order valence-corrected chi connectivity index (χ4v) is 2.23. The van der Waals surface area contributed by atoms with Crippen molar-refractivity contribution < 1.29 is 5.11 Å². The van der Waals surface area contributed by atoms with Crippen molar-refractivity contribution in [3.05, 3.63) is 0 Å². The molecule has 2 unspecified atom stereocenters. The van der Waals surface area contributed by atoms with Crippen LogP contribution >= 0.6 is 0 Å². The first kappa shape index (κ1) is 7.53. The second kappa shape index (κ2) is 3.09. The average Bonchev–Trinajstić information content (AvgIpc) is 2.55. The normalized spacial score (nSPS) is 40.1. The molecule has 0 spiro atoms. The Hall–Kier alpha value is -0.120. The smallest absolute Gasteiger partial charge is 0.118 e. The van der Waals surface area contributed by atoms with Gasteiger partial charge in [0.25, 0.3) is 0 Å². The van der Waals surface area contributed by atoms with Gasteiger partial charge < -0.3 is 5.11 Å². The van der Waals surface area contributed by atoms with E-state index in [1.165, 1.54) is 25.7 Å². The number of aliphatic hydroxyl groups is 1. The van der Waals surface area contributed by atoms with Crippen molar-refractivity contribution in [3.63, 3.8) is 0 Å². The van der Waals surface area contributed by atoms with Gasteiger partial charge in [0.1, 0.15) is 6.23 Å². The molecule has 1 saturated heterocycles. The summed E-state index contributed by atoms with van der Waals surface area (Å²) in [5.74, 6) is 0.805. The van der Waals surface area contributed by atoms with Crippen LogP contribution in [0.5, 0.6) is 0 Å². The Kier molecular flexibility index (Phi) is 2.11. The summed E-state index contributed by atoms with van der Waals surface area (Å²) in [5.41, 5.74) is 6.00. The maximum absolute atomic E-state index is 9.19. The SMILES string of the molecule is OC1CC(C2CCCC2)NN1. The molecule has 64 valence electrons. The summed E-state index contributed by atoms with van der Waals surface area (Å²) in [6.07, 6.45) is 5.99. The molecule has 2 rings (SSSR count). The highest BCUT2D eigenvalue weighted by Crippen LogP contribution is 2.30. The van der Waals surface area contributed by atoms with Crippen LogP contribution in [0.25, 0.3) is 0 Å². The third-order valence-electron chi connectivity index (χ3n) is 2.88. The Morgan fingerprint density at radius 1 is 1.09 bits per heavy atom. The second-order valence-electron chi connectivity index (χ2n) is 3.69. The van der Waals surface area contributed by atoms with Gasteiger partial charge in [-0.15, -0.1) is 0 Å². The van der Waals surface area contributed by atoms with E-state index >= 15 is 0 Å². The molecule has 0 amide bonds. The van der Waals surface area contributed by atoms with Gasteiger partial charge in [0.05, 0.1) is 0 Å². The molecule has 3 heteroatoms. The van der Waals surface area contributed by atoms with E-state index in [-0.39, 0.29) is 6.23 Å². The molecular weight excluding hydrogens is 140 g/mol. The molecule has 0 radical (unpaired) electrons. The fourth-order valence-electron chi connectivity index (χ4n) is 2.23. The van der Waals surface area contributed by atoms with E-state index in [0.29, 0.717) is 6.04 Å². The van der Waals surface area contributed by atoms with Crippen molar-refractivity contribution >= 4 is 0 Å². The minimum absolute atomic E-state index is 0.319. The third kappa shape index (κ3) is 1.55. The van der Waals surface area contributed by atoms with Gasteiger partial charge in [-0.1, -0.05) is 12.8 Å². The van der Waals surface area contributed by atoms with Crippen LogP contribution in [0.15, 0.2) is 0 Å². The van der Waals surface area contributed by atoms with Crippen LogP contribution in [0, 0.1) is 5.92 Å². The summed E-state index contributed by atoms with van der Waals surface area (Å²) in [6.45, 7) is 0. The number of aliphatic hydroxyl groups excluding tert-OH is 1. The molecule has 1 saturated carbocycles. The predicted molar refractivity (Wildman–Crippen MR) is 42.6 cm³/mol. The average molecular weight is 156 g/mol. The number of hydrazine groups is 1. The molecule has 0 aromatic heterocycles. The molecule has 1 aliphatic heterocycles. The van der Waals surface area contributed by atoms with Gasteiger partial charge in [-0.05, 0) is 18.8 Å². The van der Waals surface area contributed by atoms with E-state index in [4.69, 9.17) is 0 Å². The van der Waals surface area contributed by atoms with Crippen LogP contribution in [-0.4, -0.2) is 17.4 Å². The summed E-state index contributed by atoms with van der Waals surface area (Å²) in [5, 5.41) is 9.19. The van der Waals surface area contributed by atoms with Crippen molar-refractivity contribution in [2.75, 3.05) is 0 Å². The molecule has 1 aliphatic carbocycles. The predicted octanol–water partition coefficient (Wildman–Crippen LogP) is 0.361. The Morgan fingerprint density at radius 3 is 2.36 bits per heavy atom. The summed E-state index contributed by atoms with van der Waals surface area (Å²) >= 11 is 0. The largest absolute Gasteiger partial charge is 0.377 e. The Balaban J connectivity index is 1.85. The number of nitrogens with one attached hydrogen (secondary N) is 2. The molecule has 11 heavy (non-hydrogen) atoms. The fraction of sp³-hybridized carbons (Fsp3) is 1.00. The molecule has 2 atom stereocenters. The number of hydrogen-bond donors (Lipinski definition) is 3. The van der Waals surface area contributed by atoms with E-state index < -0.39 is 0 Å². The third-order valence-corrected chi connectivity index (χ3v) is 2.88. The van der Waals surface area contributed by atoms with E-state index in [1.54, 1.807) is 0 Å². The van der Waals surface area contributed by atoms with Crippen molar-refractivity contribution in [1.29, 1.82) is 0 Å². The lowest BCUT2D eigenvalue weighted by Gasteiger charge is -2.16. The zero-order chi connectivity index (χ0) is 7.68. The standard InChI is InChI=1S/C8H16N2O/c11-8-5-7(9-10-8)6-3-1-2-4-6/h6-11H,1-5H2. The molecule has 3 N–H and O–H groups in total. The topological polar surface area (TPSA) is 44.3 Å². The van der Waals surface area contributed by atoms with Crippen LogP contribution in [0.4, 0.5) is 0 Å². The molecular formula is C8H16N2O. The highest BCUT2D eigenvalue weighted by atomic mass is 16.3. The molecule has 2 aliphatic rings. The first-order valence-corrected chi connectivity index (χ1v) is 4.55. The van der Waals surface area contributed by atoms with E-state index in [1.807, 2.05) is 0 Å². The highest BCUT2D eigenvalue weighted by Gasteiger charge is 2.30. The van der Waals surface area contributed by atoms with Gasteiger partial charge >= 0.3 is 0 Å². The van der Waals surface area contributed by atoms with E-state index in [9.17, 15) is 5.11 Å². The minimum atomic E-state index is -0.319. The van der Waals surface area contributed by atoms with Crippen LogP contribution < -0.4 is 10.9 Å². The van der Waals surface area contributed by atoms with Crippen molar-refractivity contribution in [2.45, 2.75) is 44.4 Å². The zero-order valence-electron chi connectivity index (χ0n) is 6.71. The molecule has 0 aromatic carbocycles. The maximum Gasteiger partial charge on any atom is 0.118 e. The van der Waals surface area contributed by atoms with Gasteiger partial charge in [0.15, 0.2) is 0 Å². The van der Waals surface area contributed by atoms with Crippen molar-refractivity contribution in [1.82, 2.24) is 10.9 Å². The lowest BCUT2D eigenvalue weighted by molar-refractivity contribution is 0.152. The second-order valence-corrected chi connectivity index (χ2v) is 3.69. The molecule has 0 bridgehead atoms. The van der Waals surface area contributed by atoms with Crippen LogP contribution in [-0.2, 0) is 0 Å². The molecule has 1 heterocycles. The maximum atomic E-state index is 9.19. The first-order chi connectivity index (χ1) is 5.36. The van der Waals surface area contributed by atoms with Crippen molar-refractivity contribution in [2.24, 2.45) is 5.92 Å². The summed E-state index contributed by atoms with van der Waals surface area (Å²) < 4.78 is 0. The van der Waals surface area contributed by atoms with Gasteiger partial charge in [-0.2, -0.15) is 0 Å². The molecule has 2 fully saturated rings. The number of rotatable bonds is 1. The highest BCUT2D eigenvalue weighted by molar-refractivity contribution is 4.84.